The number of aromatic nitrogens is 1. The zero-order valence-corrected chi connectivity index (χ0v) is 14.7. The highest BCUT2D eigenvalue weighted by molar-refractivity contribution is 6.31. The summed E-state index contributed by atoms with van der Waals surface area (Å²) < 4.78 is 5.64. The molecule has 1 aromatic heterocycles. The van der Waals surface area contributed by atoms with Crippen LogP contribution in [0.3, 0.4) is 0 Å². The molecule has 0 aliphatic carbocycles. The molecule has 7 nitrogen and oxygen atoms in total. The molecule has 2 aromatic carbocycles. The van der Waals surface area contributed by atoms with Crippen molar-refractivity contribution in [2.24, 2.45) is 0 Å². The minimum Gasteiger partial charge on any atom is -0.471 e. The molecule has 0 aliphatic rings. The number of nitrogens with one attached hydrogen (secondary N) is 1. The fourth-order valence-electron chi connectivity index (χ4n) is 2.29. The van der Waals surface area contributed by atoms with Crippen molar-refractivity contribution in [1.82, 2.24) is 4.98 Å². The van der Waals surface area contributed by atoms with Crippen LogP contribution in [0.25, 0.3) is 0 Å². The van der Waals surface area contributed by atoms with Crippen molar-refractivity contribution in [1.29, 1.82) is 0 Å². The Bertz CT molecular complexity index is 980. The van der Waals surface area contributed by atoms with Gasteiger partial charge >= 0.3 is 0 Å². The Morgan fingerprint density at radius 1 is 1.15 bits per heavy atom. The van der Waals surface area contributed by atoms with Crippen LogP contribution < -0.4 is 10.1 Å². The lowest BCUT2D eigenvalue weighted by Crippen LogP contribution is -2.13. The predicted octanol–water partition coefficient (Wildman–Crippen LogP) is 4.47. The molecule has 0 bridgehead atoms. The lowest BCUT2D eigenvalue weighted by molar-refractivity contribution is -0.385. The normalized spacial score (nSPS) is 10.3. The first kappa shape index (κ1) is 18.3. The van der Waals surface area contributed by atoms with Gasteiger partial charge in [0.2, 0.25) is 5.88 Å². The van der Waals surface area contributed by atoms with Gasteiger partial charge in [-0.1, -0.05) is 48.0 Å². The minimum absolute atomic E-state index is 0.0600. The lowest BCUT2D eigenvalue weighted by Gasteiger charge is -2.12. The van der Waals surface area contributed by atoms with Gasteiger partial charge in [0.15, 0.2) is 0 Å². The number of carbonyl (C=O) groups is 1. The first-order valence-corrected chi connectivity index (χ1v) is 8.29. The zero-order chi connectivity index (χ0) is 19.2. The maximum absolute atomic E-state index is 12.4. The van der Waals surface area contributed by atoms with Crippen LogP contribution in [0.2, 0.25) is 5.02 Å². The van der Waals surface area contributed by atoms with Gasteiger partial charge in [-0.05, 0) is 18.2 Å². The molecule has 1 N–H and O–H groups in total. The zero-order valence-electron chi connectivity index (χ0n) is 14.0. The van der Waals surface area contributed by atoms with E-state index >= 15 is 0 Å². The number of ether oxygens (including phenoxy) is 1. The molecule has 1 heterocycles. The Balaban J connectivity index is 1.85. The maximum Gasteiger partial charge on any atom is 0.289 e. The molecular weight excluding hydrogens is 370 g/mol. The van der Waals surface area contributed by atoms with E-state index in [4.69, 9.17) is 16.3 Å². The van der Waals surface area contributed by atoms with E-state index in [0.29, 0.717) is 10.6 Å². The van der Waals surface area contributed by atoms with Gasteiger partial charge in [-0.3, -0.25) is 14.9 Å². The second kappa shape index (κ2) is 8.29. The largest absolute Gasteiger partial charge is 0.471 e. The van der Waals surface area contributed by atoms with Crippen LogP contribution in [0.1, 0.15) is 15.9 Å². The summed E-state index contributed by atoms with van der Waals surface area (Å²) in [5.41, 5.74) is 0.967. The Hall–Kier alpha value is -3.45. The highest BCUT2D eigenvalue weighted by atomic mass is 35.5. The van der Waals surface area contributed by atoms with E-state index in [9.17, 15) is 14.9 Å². The van der Waals surface area contributed by atoms with Crippen molar-refractivity contribution < 1.29 is 14.5 Å². The first-order valence-electron chi connectivity index (χ1n) is 7.91. The Morgan fingerprint density at radius 3 is 2.56 bits per heavy atom. The molecule has 0 atom stereocenters. The Kier molecular flexibility index (Phi) is 5.63. The van der Waals surface area contributed by atoms with E-state index in [0.717, 1.165) is 11.8 Å². The van der Waals surface area contributed by atoms with Crippen LogP contribution >= 0.6 is 11.6 Å². The number of halogens is 1. The van der Waals surface area contributed by atoms with Crippen LogP contribution in [-0.2, 0) is 6.61 Å². The molecule has 0 radical (unpaired) electrons. The monoisotopic (exact) mass is 383 g/mol. The van der Waals surface area contributed by atoms with Crippen molar-refractivity contribution in [3.63, 3.8) is 0 Å². The van der Waals surface area contributed by atoms with Gasteiger partial charge in [0.1, 0.15) is 18.5 Å². The number of nitro groups is 1. The number of amides is 1. The van der Waals surface area contributed by atoms with Crippen LogP contribution in [0.5, 0.6) is 5.88 Å². The van der Waals surface area contributed by atoms with E-state index in [1.807, 2.05) is 6.07 Å². The summed E-state index contributed by atoms with van der Waals surface area (Å²) in [6, 6.07) is 16.8. The maximum atomic E-state index is 12.4. The molecule has 0 saturated carbocycles. The molecule has 0 fully saturated rings. The number of pyridine rings is 1. The van der Waals surface area contributed by atoms with Crippen LogP contribution in [-0.4, -0.2) is 15.8 Å². The molecular formula is C19H14ClN3O4. The number of hydrogen-bond acceptors (Lipinski definition) is 5. The van der Waals surface area contributed by atoms with Crippen molar-refractivity contribution in [2.75, 3.05) is 5.32 Å². The second-order valence-corrected chi connectivity index (χ2v) is 5.91. The Labute approximate surface area is 159 Å². The van der Waals surface area contributed by atoms with Gasteiger partial charge in [-0.15, -0.1) is 0 Å². The molecule has 27 heavy (non-hydrogen) atoms. The van der Waals surface area contributed by atoms with Crippen LogP contribution in [0.4, 0.5) is 11.4 Å². The van der Waals surface area contributed by atoms with Crippen LogP contribution in [0, 0.1) is 10.1 Å². The van der Waals surface area contributed by atoms with Crippen LogP contribution in [0.15, 0.2) is 66.9 Å². The highest BCUT2D eigenvalue weighted by Gasteiger charge is 2.17. The third kappa shape index (κ3) is 4.59. The number of carbonyl (C=O) groups excluding carboxylic acids is 1. The minimum atomic E-state index is -0.594. The number of anilines is 1. The second-order valence-electron chi connectivity index (χ2n) is 5.50. The van der Waals surface area contributed by atoms with Gasteiger partial charge in [0.05, 0.1) is 4.92 Å². The number of nitrogens with zero attached hydrogens (tertiary/aromatic N) is 2. The van der Waals surface area contributed by atoms with Crippen molar-refractivity contribution in [2.45, 2.75) is 6.61 Å². The summed E-state index contributed by atoms with van der Waals surface area (Å²) in [6.45, 7) is 0.0959. The summed E-state index contributed by atoms with van der Waals surface area (Å²) in [6.07, 6.45) is 1.07. The van der Waals surface area contributed by atoms with Crippen molar-refractivity contribution >= 4 is 28.9 Å². The third-order valence-electron chi connectivity index (χ3n) is 3.65. The fourth-order valence-corrected chi connectivity index (χ4v) is 2.48. The molecule has 0 aliphatic heterocycles. The molecule has 3 aromatic rings. The van der Waals surface area contributed by atoms with Gasteiger partial charge in [-0.2, -0.15) is 0 Å². The first-order chi connectivity index (χ1) is 13.0. The molecule has 136 valence electrons. The predicted molar refractivity (Wildman–Crippen MR) is 101 cm³/mol. The number of hydrogen-bond donors (Lipinski definition) is 1. The average Bonchev–Trinajstić information content (AvgIpc) is 2.68. The van der Waals surface area contributed by atoms with Crippen molar-refractivity contribution in [3.8, 4) is 5.88 Å². The molecule has 0 unspecified atom stereocenters. The topological polar surface area (TPSA) is 94.4 Å². The number of rotatable bonds is 6. The van der Waals surface area contributed by atoms with E-state index in [-0.39, 0.29) is 23.9 Å². The van der Waals surface area contributed by atoms with Gasteiger partial charge in [-0.25, -0.2) is 4.98 Å². The molecule has 3 rings (SSSR count). The smallest absolute Gasteiger partial charge is 0.289 e. The number of benzene rings is 2. The van der Waals surface area contributed by atoms with Gasteiger partial charge < -0.3 is 10.1 Å². The van der Waals surface area contributed by atoms with Gasteiger partial charge in [0.25, 0.3) is 11.6 Å². The molecule has 0 spiro atoms. The summed E-state index contributed by atoms with van der Waals surface area (Å²) >= 11 is 6.10. The standard InChI is InChI=1S/C19H14ClN3O4/c20-16-9-5-4-8-14(16)12-27-19-17(10-15(11-21-19)23(25)26)22-18(24)13-6-2-1-3-7-13/h1-11H,12H2,(H,22,24). The quantitative estimate of drug-likeness (QED) is 0.500. The lowest BCUT2D eigenvalue weighted by atomic mass is 10.2. The molecule has 0 saturated heterocycles. The molecule has 1 amide bonds. The van der Waals surface area contributed by atoms with Gasteiger partial charge in [0, 0.05) is 22.2 Å². The fraction of sp³-hybridized carbons (Fsp3) is 0.0526. The summed E-state index contributed by atoms with van der Waals surface area (Å²) in [5, 5.41) is 14.2. The third-order valence-corrected chi connectivity index (χ3v) is 4.02. The summed E-state index contributed by atoms with van der Waals surface area (Å²) in [7, 11) is 0. The molecule has 8 heteroatoms. The highest BCUT2D eigenvalue weighted by Crippen LogP contribution is 2.28. The van der Waals surface area contributed by atoms with E-state index < -0.39 is 10.8 Å². The summed E-state index contributed by atoms with van der Waals surface area (Å²) in [5.74, 6) is -0.370. The average molecular weight is 384 g/mol. The van der Waals surface area contributed by atoms with E-state index in [2.05, 4.69) is 10.3 Å². The van der Waals surface area contributed by atoms with E-state index in [1.54, 1.807) is 48.5 Å². The Morgan fingerprint density at radius 2 is 1.85 bits per heavy atom. The summed E-state index contributed by atoms with van der Waals surface area (Å²) in [4.78, 5) is 26.8. The van der Waals surface area contributed by atoms with E-state index in [1.165, 1.54) is 6.07 Å². The van der Waals surface area contributed by atoms with Crippen molar-refractivity contribution in [3.05, 3.63) is 93.1 Å². The SMILES string of the molecule is O=C(Nc1cc([N+](=O)[O-])cnc1OCc1ccccc1Cl)c1ccccc1.